The molecule has 2 heterocycles. The standard InChI is InChI=1S/C25H29F2N3O3Si/c1-25(2,3)34(18-10-6-4-7-11-18,19-12-8-5-9-13-19)32-16-17-14-20(26)23(33-17)30-15-21(27)22(28)29-24(30)31/h4-13,15,17,20,23H,14,16H2,1-3H3,(H2,28,29,31)/t17-,20+,23+/m0/s1. The summed E-state index contributed by atoms with van der Waals surface area (Å²) in [5, 5.41) is 1.95. The number of anilines is 1. The summed E-state index contributed by atoms with van der Waals surface area (Å²) in [5.41, 5.74) is 4.49. The zero-order valence-corrected chi connectivity index (χ0v) is 20.4. The molecule has 0 unspecified atom stereocenters. The molecule has 1 saturated heterocycles. The highest BCUT2D eigenvalue weighted by molar-refractivity contribution is 6.99. The van der Waals surface area contributed by atoms with Crippen molar-refractivity contribution in [1.29, 1.82) is 0 Å². The lowest BCUT2D eigenvalue weighted by Gasteiger charge is -2.43. The maximum atomic E-state index is 14.9. The number of rotatable bonds is 6. The van der Waals surface area contributed by atoms with Gasteiger partial charge in [0.25, 0.3) is 8.32 Å². The lowest BCUT2D eigenvalue weighted by atomic mass is 10.2. The van der Waals surface area contributed by atoms with Crippen molar-refractivity contribution < 1.29 is 17.9 Å². The Labute approximate surface area is 198 Å². The highest BCUT2D eigenvalue weighted by Gasteiger charge is 2.51. The smallest absolute Gasteiger partial charge is 0.351 e. The number of hydrogen-bond donors (Lipinski definition) is 1. The molecule has 9 heteroatoms. The Kier molecular flexibility index (Phi) is 6.70. The van der Waals surface area contributed by atoms with E-state index >= 15 is 0 Å². The van der Waals surface area contributed by atoms with Gasteiger partial charge >= 0.3 is 5.69 Å². The van der Waals surface area contributed by atoms with Crippen molar-refractivity contribution in [2.24, 2.45) is 0 Å². The Hall–Kier alpha value is -2.88. The molecule has 1 fully saturated rings. The molecule has 0 spiro atoms. The average Bonchev–Trinajstić information content (AvgIpc) is 3.17. The summed E-state index contributed by atoms with van der Waals surface area (Å²) in [4.78, 5) is 15.6. The van der Waals surface area contributed by atoms with Crippen LogP contribution in [0.2, 0.25) is 5.04 Å². The molecule has 34 heavy (non-hydrogen) atoms. The second-order valence-electron chi connectivity index (χ2n) is 9.54. The number of alkyl halides is 1. The van der Waals surface area contributed by atoms with Crippen molar-refractivity contribution in [3.63, 3.8) is 0 Å². The highest BCUT2D eigenvalue weighted by atomic mass is 28.4. The SMILES string of the molecule is CC(C)(C)[Si](OC[C@@H]1C[C@@H](F)[C@H](n2cc(F)c(N)nc2=O)O1)(c1ccccc1)c1ccccc1. The monoisotopic (exact) mass is 485 g/mol. The van der Waals surface area contributed by atoms with Crippen molar-refractivity contribution in [3.8, 4) is 0 Å². The molecule has 1 aliphatic heterocycles. The quantitative estimate of drug-likeness (QED) is 0.543. The molecule has 6 nitrogen and oxygen atoms in total. The summed E-state index contributed by atoms with van der Waals surface area (Å²) >= 11 is 0. The summed E-state index contributed by atoms with van der Waals surface area (Å²) in [6.45, 7) is 6.58. The fourth-order valence-electron chi connectivity index (χ4n) is 4.67. The average molecular weight is 486 g/mol. The predicted octanol–water partition coefficient (Wildman–Crippen LogP) is 3.17. The van der Waals surface area contributed by atoms with Gasteiger partial charge in [0.2, 0.25) is 0 Å². The normalized spacial score (nSPS) is 21.0. The molecule has 0 bridgehead atoms. The fourth-order valence-corrected chi connectivity index (χ4v) is 9.26. The van der Waals surface area contributed by atoms with E-state index in [1.54, 1.807) is 0 Å². The van der Waals surface area contributed by atoms with E-state index in [0.717, 1.165) is 21.1 Å². The van der Waals surface area contributed by atoms with E-state index in [0.29, 0.717) is 0 Å². The third kappa shape index (κ3) is 4.43. The molecule has 3 atom stereocenters. The Morgan fingerprint density at radius 2 is 1.68 bits per heavy atom. The van der Waals surface area contributed by atoms with Gasteiger partial charge in [-0.15, -0.1) is 0 Å². The van der Waals surface area contributed by atoms with Gasteiger partial charge in [-0.3, -0.25) is 4.57 Å². The largest absolute Gasteiger partial charge is 0.405 e. The van der Waals surface area contributed by atoms with Gasteiger partial charge in [0.05, 0.1) is 18.9 Å². The molecule has 1 aliphatic rings. The molecule has 180 valence electrons. The van der Waals surface area contributed by atoms with E-state index in [-0.39, 0.29) is 18.1 Å². The van der Waals surface area contributed by atoms with Gasteiger partial charge < -0.3 is 14.9 Å². The third-order valence-electron chi connectivity index (χ3n) is 6.24. The topological polar surface area (TPSA) is 79.4 Å². The molecule has 0 saturated carbocycles. The summed E-state index contributed by atoms with van der Waals surface area (Å²) in [7, 11) is -2.83. The van der Waals surface area contributed by atoms with Crippen LogP contribution >= 0.6 is 0 Å². The highest BCUT2D eigenvalue weighted by Crippen LogP contribution is 2.38. The van der Waals surface area contributed by atoms with E-state index in [2.05, 4.69) is 50.0 Å². The first-order valence-electron chi connectivity index (χ1n) is 11.2. The maximum absolute atomic E-state index is 14.9. The summed E-state index contributed by atoms with van der Waals surface area (Å²) < 4.78 is 42.3. The molecule has 1 aromatic heterocycles. The van der Waals surface area contributed by atoms with Crippen LogP contribution in [-0.4, -0.2) is 36.8 Å². The number of ether oxygens (including phenoxy) is 1. The van der Waals surface area contributed by atoms with Crippen LogP contribution in [0.4, 0.5) is 14.6 Å². The van der Waals surface area contributed by atoms with Gasteiger partial charge in [-0.05, 0) is 15.4 Å². The lowest BCUT2D eigenvalue weighted by molar-refractivity contribution is -0.0373. The maximum Gasteiger partial charge on any atom is 0.351 e. The van der Waals surface area contributed by atoms with Crippen LogP contribution in [0.3, 0.4) is 0 Å². The molecule has 4 rings (SSSR count). The first-order valence-corrected chi connectivity index (χ1v) is 13.1. The first kappa shape index (κ1) is 24.2. The van der Waals surface area contributed by atoms with Gasteiger partial charge in [0, 0.05) is 6.42 Å². The van der Waals surface area contributed by atoms with Crippen LogP contribution in [0.15, 0.2) is 71.7 Å². The lowest BCUT2D eigenvalue weighted by Crippen LogP contribution is -2.67. The summed E-state index contributed by atoms with van der Waals surface area (Å²) in [5.74, 6) is -1.43. The Morgan fingerprint density at radius 1 is 1.12 bits per heavy atom. The Morgan fingerprint density at radius 3 is 2.21 bits per heavy atom. The molecule has 0 aliphatic carbocycles. The number of nitrogens with two attached hydrogens (primary N) is 1. The van der Waals surface area contributed by atoms with Crippen molar-refractivity contribution in [2.45, 2.75) is 50.7 Å². The van der Waals surface area contributed by atoms with Crippen LogP contribution in [0.1, 0.15) is 33.4 Å². The van der Waals surface area contributed by atoms with Crippen LogP contribution in [-0.2, 0) is 9.16 Å². The fraction of sp³-hybridized carbons (Fsp3) is 0.360. The number of nitrogen functional groups attached to an aromatic ring is 1. The van der Waals surface area contributed by atoms with E-state index in [1.165, 1.54) is 0 Å². The minimum Gasteiger partial charge on any atom is -0.405 e. The van der Waals surface area contributed by atoms with Gasteiger partial charge in [0.15, 0.2) is 17.9 Å². The predicted molar refractivity (Wildman–Crippen MR) is 130 cm³/mol. The molecular weight excluding hydrogens is 456 g/mol. The van der Waals surface area contributed by atoms with Crippen molar-refractivity contribution in [2.75, 3.05) is 12.3 Å². The van der Waals surface area contributed by atoms with Crippen LogP contribution in [0, 0.1) is 5.82 Å². The van der Waals surface area contributed by atoms with E-state index in [1.807, 2.05) is 36.4 Å². The molecule has 2 aromatic carbocycles. The van der Waals surface area contributed by atoms with Gasteiger partial charge in [-0.25, -0.2) is 13.6 Å². The van der Waals surface area contributed by atoms with Crippen LogP contribution < -0.4 is 21.8 Å². The summed E-state index contributed by atoms with van der Waals surface area (Å²) in [6, 6.07) is 20.2. The molecule has 0 amide bonds. The van der Waals surface area contributed by atoms with Crippen molar-refractivity contribution in [1.82, 2.24) is 9.55 Å². The van der Waals surface area contributed by atoms with Crippen LogP contribution in [0.5, 0.6) is 0 Å². The number of nitrogens with zero attached hydrogens (tertiary/aromatic N) is 2. The van der Waals surface area contributed by atoms with Crippen molar-refractivity contribution in [3.05, 3.63) is 83.2 Å². The number of aromatic nitrogens is 2. The minimum absolute atomic E-state index is 0.0152. The second-order valence-corrected chi connectivity index (χ2v) is 13.8. The zero-order valence-electron chi connectivity index (χ0n) is 19.4. The molecular formula is C25H29F2N3O3Si. The number of hydrogen-bond acceptors (Lipinski definition) is 5. The number of benzene rings is 2. The molecule has 3 aromatic rings. The molecule has 2 N–H and O–H groups in total. The van der Waals surface area contributed by atoms with Gasteiger partial charge in [-0.2, -0.15) is 4.98 Å². The third-order valence-corrected chi connectivity index (χ3v) is 11.2. The number of halogens is 2. The van der Waals surface area contributed by atoms with E-state index in [9.17, 15) is 13.6 Å². The Bertz CT molecular complexity index is 1150. The molecule has 0 radical (unpaired) electrons. The minimum atomic E-state index is -2.83. The Balaban J connectivity index is 1.64. The second kappa shape index (κ2) is 9.40. The van der Waals surface area contributed by atoms with Crippen molar-refractivity contribution >= 4 is 24.5 Å². The van der Waals surface area contributed by atoms with Crippen LogP contribution in [0.25, 0.3) is 0 Å². The zero-order chi connectivity index (χ0) is 24.5. The van der Waals surface area contributed by atoms with Gasteiger partial charge in [-0.1, -0.05) is 81.4 Å². The summed E-state index contributed by atoms with van der Waals surface area (Å²) in [6.07, 6.45) is -2.57. The first-order chi connectivity index (χ1) is 16.1. The van der Waals surface area contributed by atoms with E-state index in [4.69, 9.17) is 14.9 Å². The van der Waals surface area contributed by atoms with Gasteiger partial charge in [0.1, 0.15) is 6.17 Å². The van der Waals surface area contributed by atoms with E-state index < -0.39 is 44.1 Å².